The van der Waals surface area contributed by atoms with Crippen molar-refractivity contribution in [3.05, 3.63) is 0 Å². The zero-order chi connectivity index (χ0) is 15.9. The summed E-state index contributed by atoms with van der Waals surface area (Å²) in [5.74, 6) is 0.102. The van der Waals surface area contributed by atoms with Crippen LogP contribution in [-0.2, 0) is 14.4 Å². The summed E-state index contributed by atoms with van der Waals surface area (Å²) in [5.41, 5.74) is -0.492. The van der Waals surface area contributed by atoms with E-state index in [0.29, 0.717) is 13.0 Å². The van der Waals surface area contributed by atoms with Crippen molar-refractivity contribution < 1.29 is 19.2 Å². The van der Waals surface area contributed by atoms with Crippen LogP contribution in [-0.4, -0.2) is 55.3 Å². The minimum absolute atomic E-state index is 0.0695. The minimum atomic E-state index is -0.492. The Balaban J connectivity index is 4.09. The summed E-state index contributed by atoms with van der Waals surface area (Å²) in [5, 5.41) is 1.22. The van der Waals surface area contributed by atoms with Gasteiger partial charge in [-0.15, -0.1) is 0 Å². The number of amides is 2. The van der Waals surface area contributed by atoms with Crippen LogP contribution in [0.1, 0.15) is 40.5 Å². The molecule has 0 aliphatic rings. The van der Waals surface area contributed by atoms with Gasteiger partial charge in [-0.1, -0.05) is 6.92 Å². The van der Waals surface area contributed by atoms with Crippen molar-refractivity contribution in [1.29, 1.82) is 0 Å². The average Bonchev–Trinajstić information content (AvgIpc) is 2.32. The summed E-state index contributed by atoms with van der Waals surface area (Å²) in [7, 11) is 4.74. The van der Waals surface area contributed by atoms with Gasteiger partial charge in [-0.05, 0) is 33.1 Å². The SMILES string of the molecule is CON(C)C(=O)C[C@H](C)CCN(C)C(=O)OC(C)(C)C. The van der Waals surface area contributed by atoms with E-state index in [1.807, 2.05) is 27.7 Å². The summed E-state index contributed by atoms with van der Waals surface area (Å²) < 4.78 is 5.26. The molecule has 0 aromatic carbocycles. The number of carbonyl (C=O) groups excluding carboxylic acids is 2. The zero-order valence-corrected chi connectivity index (χ0v) is 13.7. The van der Waals surface area contributed by atoms with Crippen LogP contribution in [0.15, 0.2) is 0 Å². The van der Waals surface area contributed by atoms with Crippen LogP contribution in [0.2, 0.25) is 0 Å². The molecule has 0 aromatic rings. The maximum absolute atomic E-state index is 11.8. The van der Waals surface area contributed by atoms with Gasteiger partial charge in [0.15, 0.2) is 0 Å². The summed E-state index contributed by atoms with van der Waals surface area (Å²) >= 11 is 0. The standard InChI is InChI=1S/C14H28N2O4/c1-11(10-12(17)16(6)19-7)8-9-15(5)13(18)20-14(2,3)4/h11H,8-10H2,1-7H3/t11-/m1/s1. The predicted molar refractivity (Wildman–Crippen MR) is 77.0 cm³/mol. The Morgan fingerprint density at radius 1 is 1.20 bits per heavy atom. The molecule has 0 heterocycles. The van der Waals surface area contributed by atoms with E-state index in [-0.39, 0.29) is 17.9 Å². The number of hydrogen-bond acceptors (Lipinski definition) is 4. The van der Waals surface area contributed by atoms with Crippen LogP contribution >= 0.6 is 0 Å². The highest BCUT2D eigenvalue weighted by Crippen LogP contribution is 2.13. The Morgan fingerprint density at radius 3 is 2.20 bits per heavy atom. The Labute approximate surface area is 122 Å². The lowest BCUT2D eigenvalue weighted by atomic mass is 10.0. The van der Waals surface area contributed by atoms with E-state index in [1.165, 1.54) is 17.1 Å². The maximum atomic E-state index is 11.8. The van der Waals surface area contributed by atoms with Crippen molar-refractivity contribution in [3.63, 3.8) is 0 Å². The van der Waals surface area contributed by atoms with Crippen molar-refractivity contribution in [2.24, 2.45) is 5.92 Å². The molecule has 0 saturated heterocycles. The molecule has 0 unspecified atom stereocenters. The molecule has 0 aliphatic carbocycles. The predicted octanol–water partition coefficient (Wildman–Crippen LogP) is 2.29. The first-order valence-electron chi connectivity index (χ1n) is 6.81. The number of hydrogen-bond donors (Lipinski definition) is 0. The lowest BCUT2D eigenvalue weighted by molar-refractivity contribution is -0.169. The summed E-state index contributed by atoms with van der Waals surface area (Å²) in [6, 6.07) is 0. The van der Waals surface area contributed by atoms with E-state index >= 15 is 0 Å². The molecule has 2 amide bonds. The van der Waals surface area contributed by atoms with E-state index in [0.717, 1.165) is 6.42 Å². The molecule has 0 aliphatic heterocycles. The summed E-state index contributed by atoms with van der Waals surface area (Å²) in [6.07, 6.45) is 0.788. The van der Waals surface area contributed by atoms with Crippen LogP contribution in [0.25, 0.3) is 0 Å². The number of rotatable bonds is 6. The van der Waals surface area contributed by atoms with E-state index in [9.17, 15) is 9.59 Å². The van der Waals surface area contributed by atoms with Gasteiger partial charge in [-0.2, -0.15) is 0 Å². The zero-order valence-electron chi connectivity index (χ0n) is 13.7. The molecule has 0 saturated carbocycles. The fraction of sp³-hybridized carbons (Fsp3) is 0.857. The van der Waals surface area contributed by atoms with Crippen LogP contribution in [0.3, 0.4) is 0 Å². The Bertz CT molecular complexity index is 326. The van der Waals surface area contributed by atoms with E-state index < -0.39 is 5.60 Å². The van der Waals surface area contributed by atoms with Crippen LogP contribution in [0.4, 0.5) is 4.79 Å². The molecule has 6 nitrogen and oxygen atoms in total. The van der Waals surface area contributed by atoms with Gasteiger partial charge < -0.3 is 9.64 Å². The molecule has 0 bridgehead atoms. The van der Waals surface area contributed by atoms with Gasteiger partial charge in [0.2, 0.25) is 5.91 Å². The second-order valence-electron chi connectivity index (χ2n) is 6.07. The highest BCUT2D eigenvalue weighted by Gasteiger charge is 2.20. The van der Waals surface area contributed by atoms with Crippen LogP contribution in [0, 0.1) is 5.92 Å². The fourth-order valence-corrected chi connectivity index (χ4v) is 1.48. The lowest BCUT2D eigenvalue weighted by Crippen LogP contribution is -2.35. The quantitative estimate of drug-likeness (QED) is 0.704. The molecule has 0 aromatic heterocycles. The van der Waals surface area contributed by atoms with Crippen molar-refractivity contribution in [1.82, 2.24) is 9.96 Å². The van der Waals surface area contributed by atoms with Crippen molar-refractivity contribution in [2.45, 2.75) is 46.1 Å². The van der Waals surface area contributed by atoms with Gasteiger partial charge in [0.25, 0.3) is 0 Å². The average molecular weight is 288 g/mol. The highest BCUT2D eigenvalue weighted by atomic mass is 16.7. The Hall–Kier alpha value is -1.30. The van der Waals surface area contributed by atoms with Crippen molar-refractivity contribution >= 4 is 12.0 Å². The molecule has 1 atom stereocenters. The first kappa shape index (κ1) is 18.7. The fourth-order valence-electron chi connectivity index (χ4n) is 1.48. The molecular weight excluding hydrogens is 260 g/mol. The Morgan fingerprint density at radius 2 is 1.75 bits per heavy atom. The second-order valence-corrected chi connectivity index (χ2v) is 6.07. The van der Waals surface area contributed by atoms with E-state index in [4.69, 9.17) is 9.57 Å². The van der Waals surface area contributed by atoms with Crippen LogP contribution in [0.5, 0.6) is 0 Å². The van der Waals surface area contributed by atoms with Gasteiger partial charge >= 0.3 is 6.09 Å². The third-order valence-corrected chi connectivity index (χ3v) is 2.81. The smallest absolute Gasteiger partial charge is 0.410 e. The molecule has 20 heavy (non-hydrogen) atoms. The van der Waals surface area contributed by atoms with Gasteiger partial charge in [-0.3, -0.25) is 9.63 Å². The number of hydroxylamine groups is 2. The second kappa shape index (κ2) is 8.09. The monoisotopic (exact) mass is 288 g/mol. The Kier molecular flexibility index (Phi) is 7.57. The third-order valence-electron chi connectivity index (χ3n) is 2.81. The van der Waals surface area contributed by atoms with Gasteiger partial charge in [0.1, 0.15) is 5.60 Å². The van der Waals surface area contributed by atoms with Crippen molar-refractivity contribution in [2.75, 3.05) is 27.7 Å². The normalized spacial score (nSPS) is 12.8. The highest BCUT2D eigenvalue weighted by molar-refractivity contribution is 5.75. The maximum Gasteiger partial charge on any atom is 0.410 e. The van der Waals surface area contributed by atoms with E-state index in [1.54, 1.807) is 14.1 Å². The van der Waals surface area contributed by atoms with Crippen molar-refractivity contribution in [3.8, 4) is 0 Å². The number of ether oxygens (including phenoxy) is 1. The number of nitrogens with zero attached hydrogens (tertiary/aromatic N) is 2. The molecule has 0 radical (unpaired) electrons. The van der Waals surface area contributed by atoms with E-state index in [2.05, 4.69) is 0 Å². The van der Waals surface area contributed by atoms with Crippen LogP contribution < -0.4 is 0 Å². The first-order valence-corrected chi connectivity index (χ1v) is 6.81. The van der Waals surface area contributed by atoms with Gasteiger partial charge in [0, 0.05) is 27.1 Å². The molecule has 0 N–H and O–H groups in total. The topological polar surface area (TPSA) is 59.1 Å². The lowest BCUT2D eigenvalue weighted by Gasteiger charge is -2.25. The molecular formula is C14H28N2O4. The minimum Gasteiger partial charge on any atom is -0.444 e. The number of carbonyl (C=O) groups is 2. The molecule has 0 fully saturated rings. The molecule has 6 heteroatoms. The summed E-state index contributed by atoms with van der Waals surface area (Å²) in [6.45, 7) is 8.03. The largest absolute Gasteiger partial charge is 0.444 e. The van der Waals surface area contributed by atoms with Gasteiger partial charge in [0.05, 0.1) is 7.11 Å². The molecule has 118 valence electrons. The summed E-state index contributed by atoms with van der Waals surface area (Å²) in [4.78, 5) is 29.8. The van der Waals surface area contributed by atoms with Gasteiger partial charge in [-0.25, -0.2) is 9.86 Å². The molecule has 0 spiro atoms. The molecule has 0 rings (SSSR count). The third kappa shape index (κ3) is 7.99. The first-order chi connectivity index (χ1) is 9.06.